The number of nitrogens with one attached hydrogen (secondary N) is 1. The van der Waals surface area contributed by atoms with Crippen molar-refractivity contribution in [1.82, 2.24) is 20.0 Å². The van der Waals surface area contributed by atoms with E-state index in [4.69, 9.17) is 4.74 Å². The Hall–Kier alpha value is -2.12. The van der Waals surface area contributed by atoms with Gasteiger partial charge in [0.25, 0.3) is 5.91 Å². The fourth-order valence-corrected chi connectivity index (χ4v) is 3.01. The Morgan fingerprint density at radius 3 is 2.87 bits per heavy atom. The smallest absolute Gasteiger partial charge is 0.277 e. The molecule has 0 spiro atoms. The predicted octanol–water partition coefficient (Wildman–Crippen LogP) is 0.791. The molecule has 3 rings (SSSR count). The molecule has 1 N–H and O–H groups in total. The van der Waals surface area contributed by atoms with E-state index in [1.54, 1.807) is 0 Å². The van der Waals surface area contributed by atoms with Crippen molar-refractivity contribution in [3.8, 4) is 5.88 Å². The molecule has 2 amide bonds. The molecule has 8 heteroatoms. The van der Waals surface area contributed by atoms with Crippen LogP contribution in [0.2, 0.25) is 0 Å². The van der Waals surface area contributed by atoms with Crippen molar-refractivity contribution in [1.29, 1.82) is 0 Å². The molecule has 0 aliphatic carbocycles. The van der Waals surface area contributed by atoms with Crippen molar-refractivity contribution in [2.24, 2.45) is 5.92 Å². The number of ether oxygens (including phenoxy) is 1. The Morgan fingerprint density at radius 2 is 2.17 bits per heavy atom. The summed E-state index contributed by atoms with van der Waals surface area (Å²) in [7, 11) is 0. The van der Waals surface area contributed by atoms with E-state index >= 15 is 0 Å². The van der Waals surface area contributed by atoms with Gasteiger partial charge in [0.2, 0.25) is 17.6 Å². The summed E-state index contributed by atoms with van der Waals surface area (Å²) < 4.78 is 20.7. The molecule has 1 unspecified atom stereocenters. The van der Waals surface area contributed by atoms with Gasteiger partial charge in [0.15, 0.2) is 5.69 Å². The molecular formula is C15H21FN4O3. The normalized spacial score (nSPS) is 20.3. The van der Waals surface area contributed by atoms with Crippen LogP contribution in [0.4, 0.5) is 4.39 Å². The first-order valence-electron chi connectivity index (χ1n) is 7.96. The minimum Gasteiger partial charge on any atom is -0.474 e. The highest BCUT2D eigenvalue weighted by atomic mass is 19.1. The second kappa shape index (κ2) is 6.17. The lowest BCUT2D eigenvalue weighted by Gasteiger charge is -2.32. The first-order valence-corrected chi connectivity index (χ1v) is 7.96. The minimum atomic E-state index is -0.707. The molecule has 1 saturated heterocycles. The van der Waals surface area contributed by atoms with E-state index in [-0.39, 0.29) is 29.4 Å². The lowest BCUT2D eigenvalue weighted by atomic mass is 9.96. The van der Waals surface area contributed by atoms with Crippen molar-refractivity contribution < 1.29 is 18.7 Å². The second-order valence-electron chi connectivity index (χ2n) is 6.29. The standard InChI is InChI=1S/C15H21FN4O3/c1-9(2)17-13(21)10-4-3-5-19(8-10)14(22)12-11(16)15-20(18-12)6-7-23-15/h9-10H,3-8H2,1-2H3,(H,17,21). The number of piperidine rings is 1. The van der Waals surface area contributed by atoms with Crippen molar-refractivity contribution in [2.45, 2.75) is 39.3 Å². The first-order chi connectivity index (χ1) is 11.0. The highest BCUT2D eigenvalue weighted by Gasteiger charge is 2.34. The van der Waals surface area contributed by atoms with Crippen LogP contribution in [0.1, 0.15) is 37.2 Å². The van der Waals surface area contributed by atoms with Gasteiger partial charge in [-0.15, -0.1) is 0 Å². The fraction of sp³-hybridized carbons (Fsp3) is 0.667. The van der Waals surface area contributed by atoms with Gasteiger partial charge in [-0.25, -0.2) is 4.68 Å². The van der Waals surface area contributed by atoms with Crippen LogP contribution in [0.25, 0.3) is 0 Å². The van der Waals surface area contributed by atoms with Crippen LogP contribution in [0, 0.1) is 11.7 Å². The molecule has 1 aromatic rings. The Bertz CT molecular complexity index is 628. The summed E-state index contributed by atoms with van der Waals surface area (Å²) in [5.74, 6) is -1.48. The molecule has 126 valence electrons. The molecule has 2 aliphatic rings. The largest absolute Gasteiger partial charge is 0.474 e. The van der Waals surface area contributed by atoms with Gasteiger partial charge < -0.3 is 15.0 Å². The molecule has 0 radical (unpaired) electrons. The number of fused-ring (bicyclic) bond motifs is 1. The van der Waals surface area contributed by atoms with Crippen molar-refractivity contribution in [3.63, 3.8) is 0 Å². The van der Waals surface area contributed by atoms with Gasteiger partial charge in [-0.1, -0.05) is 0 Å². The van der Waals surface area contributed by atoms with E-state index in [1.165, 1.54) is 9.58 Å². The molecular weight excluding hydrogens is 303 g/mol. The Kier molecular flexibility index (Phi) is 4.23. The summed E-state index contributed by atoms with van der Waals surface area (Å²) in [6.45, 7) is 5.40. The number of nitrogens with zero attached hydrogens (tertiary/aromatic N) is 3. The SMILES string of the molecule is CC(C)NC(=O)C1CCCN(C(=O)c2nn3c(c2F)OCC3)C1. The summed E-state index contributed by atoms with van der Waals surface area (Å²) in [6, 6.07) is 0.0549. The summed E-state index contributed by atoms with van der Waals surface area (Å²) in [4.78, 5) is 26.2. The van der Waals surface area contributed by atoms with Gasteiger partial charge in [0, 0.05) is 19.1 Å². The topological polar surface area (TPSA) is 76.5 Å². The van der Waals surface area contributed by atoms with Crippen LogP contribution >= 0.6 is 0 Å². The third-order valence-corrected chi connectivity index (χ3v) is 4.11. The van der Waals surface area contributed by atoms with Crippen LogP contribution in [-0.2, 0) is 11.3 Å². The molecule has 1 aromatic heterocycles. The third-order valence-electron chi connectivity index (χ3n) is 4.11. The van der Waals surface area contributed by atoms with E-state index < -0.39 is 11.7 Å². The quantitative estimate of drug-likeness (QED) is 0.892. The number of rotatable bonds is 3. The predicted molar refractivity (Wildman–Crippen MR) is 79.6 cm³/mol. The van der Waals surface area contributed by atoms with E-state index in [9.17, 15) is 14.0 Å². The number of amides is 2. The number of likely N-dealkylation sites (tertiary alicyclic amines) is 1. The van der Waals surface area contributed by atoms with Gasteiger partial charge in [-0.2, -0.15) is 9.49 Å². The molecule has 23 heavy (non-hydrogen) atoms. The molecule has 7 nitrogen and oxygen atoms in total. The van der Waals surface area contributed by atoms with Crippen LogP contribution in [0.3, 0.4) is 0 Å². The Morgan fingerprint density at radius 1 is 1.39 bits per heavy atom. The van der Waals surface area contributed by atoms with Gasteiger partial charge in [0.05, 0.1) is 12.5 Å². The van der Waals surface area contributed by atoms with Gasteiger partial charge in [0.1, 0.15) is 6.61 Å². The molecule has 1 fully saturated rings. The average Bonchev–Trinajstić information content (AvgIpc) is 3.09. The van der Waals surface area contributed by atoms with Crippen LogP contribution in [0.5, 0.6) is 5.88 Å². The van der Waals surface area contributed by atoms with E-state index in [2.05, 4.69) is 10.4 Å². The zero-order valence-electron chi connectivity index (χ0n) is 13.3. The summed E-state index contributed by atoms with van der Waals surface area (Å²) in [5, 5.41) is 6.87. The molecule has 2 aliphatic heterocycles. The Labute approximate surface area is 133 Å². The molecule has 3 heterocycles. The monoisotopic (exact) mass is 324 g/mol. The fourth-order valence-electron chi connectivity index (χ4n) is 3.01. The van der Waals surface area contributed by atoms with E-state index in [0.29, 0.717) is 32.7 Å². The molecule has 0 aromatic carbocycles. The number of hydrogen-bond donors (Lipinski definition) is 1. The average molecular weight is 324 g/mol. The highest BCUT2D eigenvalue weighted by Crippen LogP contribution is 2.26. The lowest BCUT2D eigenvalue weighted by molar-refractivity contribution is -0.126. The third kappa shape index (κ3) is 3.02. The maximum Gasteiger partial charge on any atom is 0.277 e. The van der Waals surface area contributed by atoms with E-state index in [0.717, 1.165) is 6.42 Å². The number of halogens is 1. The Balaban J connectivity index is 1.71. The maximum absolute atomic E-state index is 14.2. The number of carbonyl (C=O) groups is 2. The van der Waals surface area contributed by atoms with E-state index in [1.807, 2.05) is 13.8 Å². The molecule has 0 saturated carbocycles. The first kappa shape index (κ1) is 15.8. The number of hydrogen-bond acceptors (Lipinski definition) is 4. The van der Waals surface area contributed by atoms with Crippen LogP contribution in [0.15, 0.2) is 0 Å². The molecule has 0 bridgehead atoms. The van der Waals surface area contributed by atoms with Crippen LogP contribution < -0.4 is 10.1 Å². The van der Waals surface area contributed by atoms with Gasteiger partial charge >= 0.3 is 0 Å². The lowest BCUT2D eigenvalue weighted by Crippen LogP contribution is -2.47. The minimum absolute atomic E-state index is 0.0273. The van der Waals surface area contributed by atoms with Crippen molar-refractivity contribution in [3.05, 3.63) is 11.5 Å². The van der Waals surface area contributed by atoms with Gasteiger partial charge in [-0.05, 0) is 26.7 Å². The van der Waals surface area contributed by atoms with Crippen molar-refractivity contribution in [2.75, 3.05) is 19.7 Å². The van der Waals surface area contributed by atoms with Crippen molar-refractivity contribution >= 4 is 11.8 Å². The van der Waals surface area contributed by atoms with Crippen LogP contribution in [-0.4, -0.2) is 52.2 Å². The summed E-state index contributed by atoms with van der Waals surface area (Å²) in [6.07, 6.45) is 1.45. The zero-order valence-corrected chi connectivity index (χ0v) is 13.3. The highest BCUT2D eigenvalue weighted by molar-refractivity contribution is 5.93. The zero-order chi connectivity index (χ0) is 16.6. The number of carbonyl (C=O) groups excluding carboxylic acids is 2. The summed E-state index contributed by atoms with van der Waals surface area (Å²) >= 11 is 0. The number of aromatic nitrogens is 2. The summed E-state index contributed by atoms with van der Waals surface area (Å²) in [5.41, 5.74) is -0.218. The maximum atomic E-state index is 14.2. The molecule has 1 atom stereocenters. The second-order valence-corrected chi connectivity index (χ2v) is 6.29. The van der Waals surface area contributed by atoms with Gasteiger partial charge in [-0.3, -0.25) is 9.59 Å².